The summed E-state index contributed by atoms with van der Waals surface area (Å²) < 4.78 is 9.61. The summed E-state index contributed by atoms with van der Waals surface area (Å²) in [5.74, 6) is -1.07. The Morgan fingerprint density at radius 1 is 1.30 bits per heavy atom. The quantitative estimate of drug-likeness (QED) is 0.161. The van der Waals surface area contributed by atoms with Crippen molar-refractivity contribution >= 4 is 18.0 Å². The molecule has 0 aliphatic rings. The molecule has 0 saturated carbocycles. The Morgan fingerprint density at radius 3 is 2.65 bits per heavy atom. The van der Waals surface area contributed by atoms with Crippen LogP contribution in [0.1, 0.15) is 33.1 Å². The van der Waals surface area contributed by atoms with E-state index in [0.29, 0.717) is 31.4 Å². The number of nitrogens with zero attached hydrogens (tertiary/aromatic N) is 1. The van der Waals surface area contributed by atoms with E-state index in [0.717, 1.165) is 12.3 Å². The number of carbonyl (C=O) groups excluding carboxylic acids is 3. The zero-order valence-corrected chi connectivity index (χ0v) is 11.8. The minimum Gasteiger partial charge on any atom is -0.462 e. The second-order valence-electron chi connectivity index (χ2n) is 3.72. The SMILES string of the molecule is CC=C(CC)C(=O)OC=CC(=O)OCCCCN=C=O. The summed E-state index contributed by atoms with van der Waals surface area (Å²) in [6, 6.07) is 0. The highest BCUT2D eigenvalue weighted by molar-refractivity contribution is 5.89. The fourth-order valence-electron chi connectivity index (χ4n) is 1.25. The molecule has 0 rings (SSSR count). The lowest BCUT2D eigenvalue weighted by atomic mass is 10.2. The molecule has 0 fully saturated rings. The predicted octanol–water partition coefficient (Wildman–Crippen LogP) is 2.06. The van der Waals surface area contributed by atoms with Crippen molar-refractivity contribution in [2.75, 3.05) is 13.2 Å². The highest BCUT2D eigenvalue weighted by atomic mass is 16.5. The number of unbranched alkanes of at least 4 members (excludes halogenated alkanes) is 1. The van der Waals surface area contributed by atoms with Crippen LogP contribution in [0.25, 0.3) is 0 Å². The van der Waals surface area contributed by atoms with Gasteiger partial charge in [0.05, 0.1) is 19.2 Å². The van der Waals surface area contributed by atoms with Gasteiger partial charge in [-0.2, -0.15) is 0 Å². The number of allylic oxidation sites excluding steroid dienone is 1. The Hall–Kier alpha value is -2.20. The van der Waals surface area contributed by atoms with Crippen LogP contribution in [0.2, 0.25) is 0 Å². The third-order valence-electron chi connectivity index (χ3n) is 2.34. The minimum absolute atomic E-state index is 0.223. The van der Waals surface area contributed by atoms with Gasteiger partial charge in [-0.15, -0.1) is 0 Å². The second kappa shape index (κ2) is 11.9. The molecule has 0 amide bonds. The van der Waals surface area contributed by atoms with Crippen LogP contribution in [0.15, 0.2) is 29.0 Å². The van der Waals surface area contributed by atoms with Crippen LogP contribution >= 0.6 is 0 Å². The van der Waals surface area contributed by atoms with Crippen LogP contribution in [0.5, 0.6) is 0 Å². The molecule has 0 aromatic rings. The van der Waals surface area contributed by atoms with Crippen molar-refractivity contribution in [3.8, 4) is 0 Å². The van der Waals surface area contributed by atoms with Crippen LogP contribution in [0.3, 0.4) is 0 Å². The van der Waals surface area contributed by atoms with Gasteiger partial charge >= 0.3 is 11.9 Å². The molecule has 0 bridgehead atoms. The highest BCUT2D eigenvalue weighted by Gasteiger charge is 2.06. The van der Waals surface area contributed by atoms with Crippen molar-refractivity contribution in [3.63, 3.8) is 0 Å². The van der Waals surface area contributed by atoms with E-state index in [4.69, 9.17) is 9.47 Å². The molecule has 0 aliphatic carbocycles. The van der Waals surface area contributed by atoms with Crippen LogP contribution in [-0.2, 0) is 23.9 Å². The Balaban J connectivity index is 3.83. The Kier molecular flexibility index (Phi) is 10.6. The Labute approximate surface area is 118 Å². The number of hydrogen-bond acceptors (Lipinski definition) is 6. The number of hydrogen-bond donors (Lipinski definition) is 0. The van der Waals surface area contributed by atoms with E-state index < -0.39 is 11.9 Å². The largest absolute Gasteiger partial charge is 0.462 e. The van der Waals surface area contributed by atoms with Gasteiger partial charge in [0.25, 0.3) is 0 Å². The van der Waals surface area contributed by atoms with E-state index in [1.54, 1.807) is 13.0 Å². The van der Waals surface area contributed by atoms with Crippen LogP contribution in [0.4, 0.5) is 0 Å². The molecule has 0 saturated heterocycles. The summed E-state index contributed by atoms with van der Waals surface area (Å²) in [6.07, 6.45) is 6.96. The Morgan fingerprint density at radius 2 is 2.05 bits per heavy atom. The number of ether oxygens (including phenoxy) is 2. The average Bonchev–Trinajstić information content (AvgIpc) is 2.44. The molecule has 0 atom stereocenters. The molecule has 0 aliphatic heterocycles. The third kappa shape index (κ3) is 8.83. The lowest BCUT2D eigenvalue weighted by molar-refractivity contribution is -0.138. The van der Waals surface area contributed by atoms with Crippen molar-refractivity contribution in [2.24, 2.45) is 4.99 Å². The molecule has 20 heavy (non-hydrogen) atoms. The molecule has 0 unspecified atom stereocenters. The zero-order valence-electron chi connectivity index (χ0n) is 11.8. The number of carbonyl (C=O) groups is 2. The van der Waals surface area contributed by atoms with E-state index in [9.17, 15) is 14.4 Å². The fourth-order valence-corrected chi connectivity index (χ4v) is 1.25. The van der Waals surface area contributed by atoms with E-state index in [2.05, 4.69) is 4.99 Å². The number of rotatable bonds is 9. The highest BCUT2D eigenvalue weighted by Crippen LogP contribution is 2.03. The molecular weight excluding hydrogens is 262 g/mol. The lowest BCUT2D eigenvalue weighted by Crippen LogP contribution is -2.05. The predicted molar refractivity (Wildman–Crippen MR) is 72.5 cm³/mol. The van der Waals surface area contributed by atoms with Gasteiger partial charge in [0.1, 0.15) is 6.26 Å². The molecule has 0 aromatic heterocycles. The summed E-state index contributed by atoms with van der Waals surface area (Å²) in [7, 11) is 0. The van der Waals surface area contributed by atoms with E-state index in [-0.39, 0.29) is 6.61 Å². The van der Waals surface area contributed by atoms with Crippen molar-refractivity contribution < 1.29 is 23.9 Å². The summed E-state index contributed by atoms with van der Waals surface area (Å²) in [6.45, 7) is 4.17. The molecule has 110 valence electrons. The van der Waals surface area contributed by atoms with Gasteiger partial charge in [0, 0.05) is 5.57 Å². The van der Waals surface area contributed by atoms with Crippen molar-refractivity contribution in [2.45, 2.75) is 33.1 Å². The maximum atomic E-state index is 11.4. The summed E-state index contributed by atoms with van der Waals surface area (Å²) in [5.41, 5.74) is 0.541. The molecule has 6 heteroatoms. The lowest BCUT2D eigenvalue weighted by Gasteiger charge is -2.01. The second-order valence-corrected chi connectivity index (χ2v) is 3.72. The molecule has 0 radical (unpaired) electrons. The van der Waals surface area contributed by atoms with Crippen molar-refractivity contribution in [1.29, 1.82) is 0 Å². The number of aliphatic imine (C=N–C) groups is 1. The first kappa shape index (κ1) is 17.8. The summed E-state index contributed by atoms with van der Waals surface area (Å²) >= 11 is 0. The molecule has 6 nitrogen and oxygen atoms in total. The topological polar surface area (TPSA) is 82.0 Å². The normalized spacial score (nSPS) is 11.0. The smallest absolute Gasteiger partial charge is 0.338 e. The fraction of sp³-hybridized carbons (Fsp3) is 0.500. The van der Waals surface area contributed by atoms with Gasteiger partial charge in [-0.25, -0.2) is 19.4 Å². The van der Waals surface area contributed by atoms with Crippen molar-refractivity contribution in [1.82, 2.24) is 0 Å². The third-order valence-corrected chi connectivity index (χ3v) is 2.34. The van der Waals surface area contributed by atoms with E-state index in [1.165, 1.54) is 6.08 Å². The van der Waals surface area contributed by atoms with Gasteiger partial charge in [0.15, 0.2) is 0 Å². The van der Waals surface area contributed by atoms with Gasteiger partial charge in [-0.05, 0) is 26.2 Å². The summed E-state index contributed by atoms with van der Waals surface area (Å²) in [4.78, 5) is 35.8. The minimum atomic E-state index is -0.588. The molecule has 0 aromatic carbocycles. The van der Waals surface area contributed by atoms with E-state index in [1.807, 2.05) is 6.92 Å². The van der Waals surface area contributed by atoms with E-state index >= 15 is 0 Å². The maximum Gasteiger partial charge on any atom is 0.338 e. The Bertz CT molecular complexity index is 419. The van der Waals surface area contributed by atoms with Gasteiger partial charge in [0.2, 0.25) is 6.08 Å². The van der Waals surface area contributed by atoms with Crippen LogP contribution in [-0.4, -0.2) is 31.2 Å². The maximum absolute atomic E-state index is 11.4. The zero-order chi connectivity index (χ0) is 15.2. The molecular formula is C14H19NO5. The van der Waals surface area contributed by atoms with Gasteiger partial charge in [-0.1, -0.05) is 13.0 Å². The van der Waals surface area contributed by atoms with Crippen molar-refractivity contribution in [3.05, 3.63) is 24.0 Å². The first-order chi connectivity index (χ1) is 9.65. The molecule has 0 N–H and O–H groups in total. The van der Waals surface area contributed by atoms with Gasteiger partial charge < -0.3 is 9.47 Å². The number of isocyanates is 1. The molecule has 0 spiro atoms. The first-order valence-electron chi connectivity index (χ1n) is 6.38. The van der Waals surface area contributed by atoms with Gasteiger partial charge in [-0.3, -0.25) is 0 Å². The number of esters is 2. The van der Waals surface area contributed by atoms with Crippen LogP contribution < -0.4 is 0 Å². The monoisotopic (exact) mass is 281 g/mol. The molecule has 0 heterocycles. The first-order valence-corrected chi connectivity index (χ1v) is 6.38. The standard InChI is InChI=1S/C14H19NO5/c1-3-12(4-2)14(18)20-10-7-13(17)19-9-6-5-8-15-11-16/h3,7,10H,4-6,8-9H2,1-2H3. The average molecular weight is 281 g/mol. The van der Waals surface area contributed by atoms with Crippen LogP contribution in [0, 0.1) is 0 Å². The summed E-state index contributed by atoms with van der Waals surface area (Å²) in [5, 5.41) is 0.